The zero-order valence-corrected chi connectivity index (χ0v) is 21.8. The molecule has 8 heteroatoms. The number of carbonyl (C=O) groups is 1. The number of ether oxygens (including phenoxy) is 3. The smallest absolute Gasteiger partial charge is 0.411 e. The number of nitrogens with two attached hydrogens (primary N) is 1. The summed E-state index contributed by atoms with van der Waals surface area (Å²) in [5, 5.41) is 4.42. The second-order valence-corrected chi connectivity index (χ2v) is 11.2. The average Bonchev–Trinajstić information content (AvgIpc) is 3.43. The fourth-order valence-corrected chi connectivity index (χ4v) is 5.78. The van der Waals surface area contributed by atoms with Crippen LogP contribution in [0.3, 0.4) is 0 Å². The molecule has 0 radical (unpaired) electrons. The first-order valence-electron chi connectivity index (χ1n) is 12.8. The van der Waals surface area contributed by atoms with Crippen molar-refractivity contribution in [2.45, 2.75) is 56.9 Å². The van der Waals surface area contributed by atoms with Gasteiger partial charge in [-0.05, 0) is 63.8 Å². The summed E-state index contributed by atoms with van der Waals surface area (Å²) >= 11 is 1.93. The number of thioether (sulfide) groups is 1. The highest BCUT2D eigenvalue weighted by Crippen LogP contribution is 2.45. The minimum atomic E-state index is -0.455. The van der Waals surface area contributed by atoms with Gasteiger partial charge in [0.25, 0.3) is 0 Å². The molecule has 1 aliphatic carbocycles. The Hall–Kier alpha value is -2.84. The Morgan fingerprint density at radius 2 is 2.00 bits per heavy atom. The van der Waals surface area contributed by atoms with Crippen molar-refractivity contribution in [2.24, 2.45) is 0 Å². The predicted octanol–water partition coefficient (Wildman–Crippen LogP) is 6.47. The molecule has 0 spiro atoms. The Morgan fingerprint density at radius 1 is 1.19 bits per heavy atom. The lowest BCUT2D eigenvalue weighted by atomic mass is 9.92. The van der Waals surface area contributed by atoms with Crippen molar-refractivity contribution in [3.63, 3.8) is 0 Å². The molecule has 3 aromatic rings. The first kappa shape index (κ1) is 24.8. The predicted molar refractivity (Wildman–Crippen MR) is 147 cm³/mol. The van der Waals surface area contributed by atoms with E-state index in [-0.39, 0.29) is 6.10 Å². The highest BCUT2D eigenvalue weighted by Gasteiger charge is 2.27. The molecule has 5 rings (SSSR count). The van der Waals surface area contributed by atoms with Crippen LogP contribution in [0.1, 0.15) is 45.6 Å². The molecule has 1 saturated carbocycles. The first-order chi connectivity index (χ1) is 17.5. The van der Waals surface area contributed by atoms with Crippen LogP contribution < -0.4 is 15.8 Å². The number of anilines is 2. The summed E-state index contributed by atoms with van der Waals surface area (Å²) in [5.41, 5.74) is 11.4. The number of hydrogen-bond donors (Lipinski definition) is 2. The summed E-state index contributed by atoms with van der Waals surface area (Å²) in [6.07, 6.45) is 4.01. The fourth-order valence-electron chi connectivity index (χ4n) is 4.82. The molecule has 36 heavy (non-hydrogen) atoms. The fraction of sp³-hybridized carbons (Fsp3) is 0.464. The minimum Gasteiger partial charge on any atom is -0.493 e. The molecule has 3 N–H and O–H groups in total. The van der Waals surface area contributed by atoms with E-state index in [0.29, 0.717) is 23.6 Å². The molecule has 7 nitrogen and oxygen atoms in total. The highest BCUT2D eigenvalue weighted by atomic mass is 32.2. The third-order valence-corrected chi connectivity index (χ3v) is 8.04. The van der Waals surface area contributed by atoms with Gasteiger partial charge < -0.3 is 24.5 Å². The van der Waals surface area contributed by atoms with Crippen molar-refractivity contribution < 1.29 is 19.0 Å². The van der Waals surface area contributed by atoms with Crippen molar-refractivity contribution in [1.82, 2.24) is 4.57 Å². The number of carbonyl (C=O) groups excluding carboxylic acids is 1. The Balaban J connectivity index is 1.37. The van der Waals surface area contributed by atoms with Crippen LogP contribution in [0.25, 0.3) is 22.2 Å². The Morgan fingerprint density at radius 3 is 2.67 bits per heavy atom. The standard InChI is InChI=1S/C28H35N3O4S/c1-18(2)35-28(32)30-20-8-6-19(7-9-20)27-26(29)24-11-10-22(16-25(24)31(27)21-4-3-5-21)34-14-15-36-23-12-13-33-17-23/h6-11,16,18,21,23H,3-5,12-15,17,29H2,1-2H3,(H,30,32). The van der Waals surface area contributed by atoms with E-state index in [2.05, 4.69) is 22.0 Å². The quantitative estimate of drug-likeness (QED) is 0.321. The van der Waals surface area contributed by atoms with E-state index in [0.717, 1.165) is 71.8 Å². The molecule has 0 bridgehead atoms. The number of rotatable bonds is 9. The van der Waals surface area contributed by atoms with Crippen LogP contribution in [0.5, 0.6) is 5.75 Å². The summed E-state index contributed by atoms with van der Waals surface area (Å²) in [6.45, 7) is 6.05. The van der Waals surface area contributed by atoms with Gasteiger partial charge in [0, 0.05) is 46.4 Å². The van der Waals surface area contributed by atoms with Gasteiger partial charge in [0.2, 0.25) is 0 Å². The molecule has 2 aromatic carbocycles. The van der Waals surface area contributed by atoms with Crippen LogP contribution in [0.4, 0.5) is 16.2 Å². The highest BCUT2D eigenvalue weighted by molar-refractivity contribution is 7.99. The topological polar surface area (TPSA) is 87.7 Å². The van der Waals surface area contributed by atoms with Crippen molar-refractivity contribution in [2.75, 3.05) is 36.6 Å². The number of nitrogens with zero attached hydrogens (tertiary/aromatic N) is 1. The Bertz CT molecular complexity index is 1200. The molecular weight excluding hydrogens is 474 g/mol. The Labute approximate surface area is 216 Å². The number of nitrogen functional groups attached to an aromatic ring is 1. The lowest BCUT2D eigenvalue weighted by Gasteiger charge is -2.30. The van der Waals surface area contributed by atoms with Gasteiger partial charge in [-0.15, -0.1) is 0 Å². The second kappa shape index (κ2) is 11.0. The lowest BCUT2D eigenvalue weighted by Crippen LogP contribution is -2.18. The average molecular weight is 510 g/mol. The maximum absolute atomic E-state index is 12.0. The maximum Gasteiger partial charge on any atom is 0.411 e. The van der Waals surface area contributed by atoms with Gasteiger partial charge in [-0.3, -0.25) is 5.32 Å². The molecule has 2 heterocycles. The maximum atomic E-state index is 12.0. The Kier molecular flexibility index (Phi) is 7.62. The van der Waals surface area contributed by atoms with Gasteiger partial charge in [0.05, 0.1) is 36.2 Å². The first-order valence-corrected chi connectivity index (χ1v) is 13.9. The second-order valence-electron chi connectivity index (χ2n) is 9.76. The molecule has 1 saturated heterocycles. The number of aromatic nitrogens is 1. The van der Waals surface area contributed by atoms with Gasteiger partial charge in [0.15, 0.2) is 0 Å². The van der Waals surface area contributed by atoms with Crippen molar-refractivity contribution in [3.8, 4) is 17.0 Å². The molecule has 1 aliphatic heterocycles. The minimum absolute atomic E-state index is 0.170. The van der Waals surface area contributed by atoms with Crippen molar-refractivity contribution >= 4 is 40.1 Å². The molecular formula is C28H35N3O4S. The van der Waals surface area contributed by atoms with Crippen LogP contribution in [0.15, 0.2) is 42.5 Å². The number of nitrogens with one attached hydrogen (secondary N) is 1. The molecule has 2 fully saturated rings. The molecule has 1 amide bonds. The molecule has 1 unspecified atom stereocenters. The summed E-state index contributed by atoms with van der Waals surface area (Å²) in [6, 6.07) is 14.4. The SMILES string of the molecule is CC(C)OC(=O)Nc1ccc(-c2c(N)c3ccc(OCCSC4CCOC4)cc3n2C2CCC2)cc1. The molecule has 2 aliphatic rings. The third-order valence-electron chi connectivity index (χ3n) is 6.80. The number of hydrogen-bond acceptors (Lipinski definition) is 6. The van der Waals surface area contributed by atoms with Crippen LogP contribution in [0.2, 0.25) is 0 Å². The monoisotopic (exact) mass is 509 g/mol. The van der Waals surface area contributed by atoms with Crippen molar-refractivity contribution in [1.29, 1.82) is 0 Å². The third kappa shape index (κ3) is 5.44. The number of benzene rings is 2. The van der Waals surface area contributed by atoms with Crippen LogP contribution in [-0.2, 0) is 9.47 Å². The number of amides is 1. The number of fused-ring (bicyclic) bond motifs is 1. The van der Waals surface area contributed by atoms with E-state index in [4.69, 9.17) is 19.9 Å². The van der Waals surface area contributed by atoms with Crippen molar-refractivity contribution in [3.05, 3.63) is 42.5 Å². The van der Waals surface area contributed by atoms with E-state index in [1.54, 1.807) is 0 Å². The summed E-state index contributed by atoms with van der Waals surface area (Å²) in [4.78, 5) is 12.0. The van der Waals surface area contributed by atoms with Gasteiger partial charge in [-0.2, -0.15) is 11.8 Å². The van der Waals surface area contributed by atoms with E-state index in [1.165, 1.54) is 6.42 Å². The largest absolute Gasteiger partial charge is 0.493 e. The zero-order valence-electron chi connectivity index (χ0n) is 21.0. The van der Waals surface area contributed by atoms with Crippen LogP contribution >= 0.6 is 11.8 Å². The summed E-state index contributed by atoms with van der Waals surface area (Å²) < 4.78 is 19.2. The van der Waals surface area contributed by atoms with E-state index < -0.39 is 6.09 Å². The molecule has 1 atom stereocenters. The van der Waals surface area contributed by atoms with Gasteiger partial charge in [0.1, 0.15) is 5.75 Å². The van der Waals surface area contributed by atoms with Crippen LogP contribution in [-0.4, -0.2) is 47.6 Å². The van der Waals surface area contributed by atoms with Crippen LogP contribution in [0, 0.1) is 0 Å². The van der Waals surface area contributed by atoms with E-state index in [1.807, 2.05) is 55.9 Å². The molecule has 192 valence electrons. The van der Waals surface area contributed by atoms with E-state index in [9.17, 15) is 4.79 Å². The van der Waals surface area contributed by atoms with Gasteiger partial charge in [-0.1, -0.05) is 12.1 Å². The van der Waals surface area contributed by atoms with Gasteiger partial charge in [-0.25, -0.2) is 4.79 Å². The normalized spacial score (nSPS) is 17.9. The lowest BCUT2D eigenvalue weighted by molar-refractivity contribution is 0.130. The van der Waals surface area contributed by atoms with E-state index >= 15 is 0 Å². The molecule has 1 aromatic heterocycles. The summed E-state index contributed by atoms with van der Waals surface area (Å²) in [7, 11) is 0. The van der Waals surface area contributed by atoms with Gasteiger partial charge >= 0.3 is 6.09 Å². The summed E-state index contributed by atoms with van der Waals surface area (Å²) in [5.74, 6) is 1.83. The zero-order chi connectivity index (χ0) is 25.1.